The lowest BCUT2D eigenvalue weighted by Crippen LogP contribution is -2.36. The van der Waals surface area contributed by atoms with Crippen molar-refractivity contribution < 1.29 is 9.59 Å². The van der Waals surface area contributed by atoms with Gasteiger partial charge in [0.15, 0.2) is 0 Å². The average molecular weight is 298 g/mol. The Bertz CT molecular complexity index is 614. The Balaban J connectivity index is 1.99. The third-order valence-corrected chi connectivity index (χ3v) is 4.05. The quantitative estimate of drug-likeness (QED) is 0.686. The van der Waals surface area contributed by atoms with Crippen LogP contribution in [0.3, 0.4) is 0 Å². The van der Waals surface area contributed by atoms with Crippen molar-refractivity contribution in [1.82, 2.24) is 10.2 Å². The SMILES string of the molecule is C=CC(=O)NCc1ccc(C(=O)N2CCC(C)=C(C)C2)cc1. The number of nitrogens with zero attached hydrogens (tertiary/aromatic N) is 1. The van der Waals surface area contributed by atoms with Gasteiger partial charge in [-0.25, -0.2) is 0 Å². The first kappa shape index (κ1) is 16.0. The van der Waals surface area contributed by atoms with Gasteiger partial charge in [0, 0.05) is 25.2 Å². The Morgan fingerprint density at radius 1 is 1.23 bits per heavy atom. The van der Waals surface area contributed by atoms with Crippen molar-refractivity contribution in [2.45, 2.75) is 26.8 Å². The summed E-state index contributed by atoms with van der Waals surface area (Å²) in [5.74, 6) is -0.139. The second-order valence-electron chi connectivity index (χ2n) is 5.66. The molecule has 0 radical (unpaired) electrons. The van der Waals surface area contributed by atoms with E-state index in [4.69, 9.17) is 0 Å². The van der Waals surface area contributed by atoms with Crippen molar-refractivity contribution in [2.24, 2.45) is 0 Å². The number of hydrogen-bond donors (Lipinski definition) is 1. The summed E-state index contributed by atoms with van der Waals surface area (Å²) in [5, 5.41) is 2.71. The maximum absolute atomic E-state index is 12.5. The van der Waals surface area contributed by atoms with Crippen LogP contribution in [-0.2, 0) is 11.3 Å². The van der Waals surface area contributed by atoms with E-state index < -0.39 is 0 Å². The van der Waals surface area contributed by atoms with Crippen LogP contribution in [0.15, 0.2) is 48.1 Å². The maximum Gasteiger partial charge on any atom is 0.254 e. The summed E-state index contributed by atoms with van der Waals surface area (Å²) in [4.78, 5) is 25.5. The number of benzene rings is 1. The third kappa shape index (κ3) is 3.85. The molecule has 1 aliphatic rings. The minimum atomic E-state index is -0.203. The highest BCUT2D eigenvalue weighted by Crippen LogP contribution is 2.19. The highest BCUT2D eigenvalue weighted by Gasteiger charge is 2.20. The van der Waals surface area contributed by atoms with Gasteiger partial charge in [0.1, 0.15) is 0 Å². The van der Waals surface area contributed by atoms with E-state index in [1.54, 1.807) is 0 Å². The van der Waals surface area contributed by atoms with Gasteiger partial charge in [-0.05, 0) is 44.0 Å². The van der Waals surface area contributed by atoms with Gasteiger partial charge in [0.2, 0.25) is 5.91 Å². The second-order valence-corrected chi connectivity index (χ2v) is 5.66. The molecule has 2 amide bonds. The highest BCUT2D eigenvalue weighted by atomic mass is 16.2. The lowest BCUT2D eigenvalue weighted by atomic mass is 10.0. The Morgan fingerprint density at radius 3 is 2.50 bits per heavy atom. The Hall–Kier alpha value is -2.36. The van der Waals surface area contributed by atoms with Crippen LogP contribution in [0.4, 0.5) is 0 Å². The molecule has 1 aromatic carbocycles. The van der Waals surface area contributed by atoms with Crippen molar-refractivity contribution >= 4 is 11.8 Å². The molecule has 2 rings (SSSR count). The summed E-state index contributed by atoms with van der Waals surface area (Å²) >= 11 is 0. The number of carbonyl (C=O) groups excluding carboxylic acids is 2. The fourth-order valence-electron chi connectivity index (χ4n) is 2.40. The third-order valence-electron chi connectivity index (χ3n) is 4.05. The van der Waals surface area contributed by atoms with Crippen LogP contribution in [0.5, 0.6) is 0 Å². The Kier molecular flexibility index (Phi) is 5.15. The minimum absolute atomic E-state index is 0.0635. The molecule has 0 atom stereocenters. The maximum atomic E-state index is 12.5. The molecule has 1 N–H and O–H groups in total. The van der Waals surface area contributed by atoms with Crippen molar-refractivity contribution in [3.8, 4) is 0 Å². The Labute approximate surface area is 131 Å². The molecule has 22 heavy (non-hydrogen) atoms. The van der Waals surface area contributed by atoms with Gasteiger partial charge >= 0.3 is 0 Å². The standard InChI is InChI=1S/C18H22N2O2/c1-4-17(21)19-11-15-5-7-16(8-6-15)18(22)20-10-9-13(2)14(3)12-20/h4-8H,1,9-12H2,2-3H3,(H,19,21). The van der Waals surface area contributed by atoms with Gasteiger partial charge in [-0.3, -0.25) is 9.59 Å². The number of amides is 2. The zero-order valence-corrected chi connectivity index (χ0v) is 13.2. The van der Waals surface area contributed by atoms with Crippen LogP contribution in [0.1, 0.15) is 36.2 Å². The summed E-state index contributed by atoms with van der Waals surface area (Å²) in [6.45, 7) is 9.54. The molecule has 4 heteroatoms. The molecule has 0 unspecified atom stereocenters. The van der Waals surface area contributed by atoms with E-state index in [1.165, 1.54) is 17.2 Å². The van der Waals surface area contributed by atoms with Gasteiger partial charge < -0.3 is 10.2 Å². The molecule has 4 nitrogen and oxygen atoms in total. The molecule has 0 aliphatic carbocycles. The van der Waals surface area contributed by atoms with E-state index in [-0.39, 0.29) is 11.8 Å². The molecular formula is C18H22N2O2. The van der Waals surface area contributed by atoms with E-state index in [0.29, 0.717) is 18.7 Å². The van der Waals surface area contributed by atoms with Crippen LogP contribution in [0.25, 0.3) is 0 Å². The summed E-state index contributed by atoms with van der Waals surface area (Å²) in [6.07, 6.45) is 2.19. The summed E-state index contributed by atoms with van der Waals surface area (Å²) in [7, 11) is 0. The monoisotopic (exact) mass is 298 g/mol. The van der Waals surface area contributed by atoms with Crippen LogP contribution in [-0.4, -0.2) is 29.8 Å². The summed E-state index contributed by atoms with van der Waals surface area (Å²) in [5.41, 5.74) is 4.31. The van der Waals surface area contributed by atoms with Crippen LogP contribution < -0.4 is 5.32 Å². The Morgan fingerprint density at radius 2 is 1.91 bits per heavy atom. The minimum Gasteiger partial charge on any atom is -0.348 e. The molecule has 0 saturated carbocycles. The number of hydrogen-bond acceptors (Lipinski definition) is 2. The lowest BCUT2D eigenvalue weighted by molar-refractivity contribution is -0.116. The van der Waals surface area contributed by atoms with E-state index in [9.17, 15) is 9.59 Å². The van der Waals surface area contributed by atoms with Crippen molar-refractivity contribution in [2.75, 3.05) is 13.1 Å². The van der Waals surface area contributed by atoms with E-state index >= 15 is 0 Å². The van der Waals surface area contributed by atoms with Crippen molar-refractivity contribution in [3.63, 3.8) is 0 Å². The topological polar surface area (TPSA) is 49.4 Å². The van der Waals surface area contributed by atoms with E-state index in [0.717, 1.165) is 18.5 Å². The molecular weight excluding hydrogens is 276 g/mol. The largest absolute Gasteiger partial charge is 0.348 e. The van der Waals surface area contributed by atoms with E-state index in [2.05, 4.69) is 25.7 Å². The fraction of sp³-hybridized carbons (Fsp3) is 0.333. The smallest absolute Gasteiger partial charge is 0.254 e. The summed E-state index contributed by atoms with van der Waals surface area (Å²) < 4.78 is 0. The van der Waals surface area contributed by atoms with Gasteiger partial charge in [-0.2, -0.15) is 0 Å². The molecule has 1 aromatic rings. The van der Waals surface area contributed by atoms with Gasteiger partial charge in [-0.1, -0.05) is 29.9 Å². The predicted octanol–water partition coefficient (Wildman–Crippen LogP) is 2.67. The first-order chi connectivity index (χ1) is 10.5. The van der Waals surface area contributed by atoms with Crippen molar-refractivity contribution in [1.29, 1.82) is 0 Å². The highest BCUT2D eigenvalue weighted by molar-refractivity contribution is 5.94. The molecule has 0 spiro atoms. The zero-order chi connectivity index (χ0) is 16.1. The summed E-state index contributed by atoms with van der Waals surface area (Å²) in [6, 6.07) is 7.37. The predicted molar refractivity (Wildman–Crippen MR) is 87.4 cm³/mol. The van der Waals surface area contributed by atoms with Crippen molar-refractivity contribution in [3.05, 3.63) is 59.2 Å². The van der Waals surface area contributed by atoms with Crippen LogP contribution in [0.2, 0.25) is 0 Å². The zero-order valence-electron chi connectivity index (χ0n) is 13.2. The molecule has 0 fully saturated rings. The number of rotatable bonds is 4. The first-order valence-electron chi connectivity index (χ1n) is 7.45. The molecule has 0 saturated heterocycles. The lowest BCUT2D eigenvalue weighted by Gasteiger charge is -2.28. The van der Waals surface area contributed by atoms with Crippen LogP contribution >= 0.6 is 0 Å². The molecule has 1 heterocycles. The van der Waals surface area contributed by atoms with Gasteiger partial charge in [0.25, 0.3) is 5.91 Å². The second kappa shape index (κ2) is 7.07. The normalized spacial score (nSPS) is 14.7. The first-order valence-corrected chi connectivity index (χ1v) is 7.45. The van der Waals surface area contributed by atoms with Gasteiger partial charge in [-0.15, -0.1) is 0 Å². The number of nitrogens with one attached hydrogen (secondary N) is 1. The van der Waals surface area contributed by atoms with Crippen LogP contribution in [0, 0.1) is 0 Å². The molecule has 116 valence electrons. The molecule has 0 aromatic heterocycles. The van der Waals surface area contributed by atoms with E-state index in [1.807, 2.05) is 29.2 Å². The van der Waals surface area contributed by atoms with Gasteiger partial charge in [0.05, 0.1) is 0 Å². The number of carbonyl (C=O) groups is 2. The molecule has 1 aliphatic heterocycles. The average Bonchev–Trinajstić information content (AvgIpc) is 2.55. The molecule has 0 bridgehead atoms. The fourth-order valence-corrected chi connectivity index (χ4v) is 2.40.